The zero-order valence-electron chi connectivity index (χ0n) is 25.4. The van der Waals surface area contributed by atoms with E-state index in [0.717, 1.165) is 19.8 Å². The summed E-state index contributed by atoms with van der Waals surface area (Å²) in [4.78, 5) is 48.7. The third-order valence-electron chi connectivity index (χ3n) is 6.69. The van der Waals surface area contributed by atoms with Gasteiger partial charge in [-0.25, -0.2) is 10.1 Å². The Balaban J connectivity index is 4.17. The van der Waals surface area contributed by atoms with E-state index in [1.165, 1.54) is 4.90 Å². The Bertz CT molecular complexity index is 864. The average molecular weight is 621 g/mol. The lowest BCUT2D eigenvalue weighted by Crippen LogP contribution is -2.41. The van der Waals surface area contributed by atoms with Crippen LogP contribution in [0.4, 0.5) is 0 Å². The summed E-state index contributed by atoms with van der Waals surface area (Å²) in [5.41, 5.74) is 5.92. The predicted molar refractivity (Wildman–Crippen MR) is 155 cm³/mol. The Hall–Kier alpha value is -2.86. The van der Waals surface area contributed by atoms with E-state index < -0.39 is 48.7 Å². The number of nitrogens with one attached hydrogen (secondary N) is 2. The third kappa shape index (κ3) is 19.1. The largest absolute Gasteiger partial charge is 0.390 e. The second-order valence-corrected chi connectivity index (χ2v) is 10.5. The Morgan fingerprint density at radius 3 is 2.02 bits per heavy atom. The van der Waals surface area contributed by atoms with Crippen LogP contribution in [0, 0.1) is 0 Å². The van der Waals surface area contributed by atoms with Gasteiger partial charge < -0.3 is 41.7 Å². The second-order valence-electron chi connectivity index (χ2n) is 10.5. The van der Waals surface area contributed by atoms with Crippen molar-refractivity contribution in [1.82, 2.24) is 25.7 Å². The number of aliphatic hydroxyl groups excluding tert-OH is 4. The van der Waals surface area contributed by atoms with E-state index in [2.05, 4.69) is 17.2 Å². The van der Waals surface area contributed by atoms with E-state index in [1.807, 2.05) is 0 Å². The highest BCUT2D eigenvalue weighted by Crippen LogP contribution is 2.07. The fraction of sp³-hybridized carbons (Fsp3) is 0.778. The number of unbranched alkanes of at least 4 members (excludes halogenated alkanes) is 2. The molecule has 0 heterocycles. The van der Waals surface area contributed by atoms with Crippen LogP contribution < -0.4 is 16.4 Å². The summed E-state index contributed by atoms with van der Waals surface area (Å²) in [6.45, 7) is 5.32. The maximum Gasteiger partial charge on any atom is 0.246 e. The number of hydrogen-bond donors (Lipinski definition) is 9. The normalized spacial score (nSPS) is 13.8. The van der Waals surface area contributed by atoms with Gasteiger partial charge in [0.2, 0.25) is 23.6 Å². The number of nitrogens with two attached hydrogens (primary N) is 1. The Labute approximate surface area is 253 Å². The van der Waals surface area contributed by atoms with E-state index in [0.29, 0.717) is 35.2 Å². The molecule has 0 aromatic heterocycles. The van der Waals surface area contributed by atoms with Crippen LogP contribution in [0.1, 0.15) is 64.7 Å². The first kappa shape index (κ1) is 40.1. The molecular weight excluding hydrogens is 568 g/mol. The van der Waals surface area contributed by atoms with Crippen molar-refractivity contribution in [3.05, 3.63) is 12.3 Å². The van der Waals surface area contributed by atoms with Crippen molar-refractivity contribution in [3.8, 4) is 0 Å². The molecule has 0 rings (SSSR count). The SMILES string of the molecule is C=C(CCC(=O)N(C)CCC(O)C(O)CNC(=O)CCC(=O)N(O)CCCCCN)NCCC(O)C(O)CN(O)C(C)=O. The van der Waals surface area contributed by atoms with Crippen molar-refractivity contribution in [3.63, 3.8) is 0 Å². The van der Waals surface area contributed by atoms with Crippen molar-refractivity contribution in [2.75, 3.05) is 46.3 Å². The number of amides is 4. The van der Waals surface area contributed by atoms with Gasteiger partial charge in [0, 0.05) is 65.1 Å². The molecule has 0 aliphatic carbocycles. The monoisotopic (exact) mass is 620 g/mol. The molecule has 16 nitrogen and oxygen atoms in total. The van der Waals surface area contributed by atoms with Gasteiger partial charge in [0.15, 0.2) is 0 Å². The first-order valence-electron chi connectivity index (χ1n) is 14.5. The summed E-state index contributed by atoms with van der Waals surface area (Å²) in [5.74, 6) is -2.01. The number of hydrogen-bond acceptors (Lipinski definition) is 12. The van der Waals surface area contributed by atoms with Crippen molar-refractivity contribution in [2.24, 2.45) is 5.73 Å². The van der Waals surface area contributed by atoms with E-state index in [4.69, 9.17) is 5.73 Å². The van der Waals surface area contributed by atoms with Crippen molar-refractivity contribution < 1.29 is 50.0 Å². The Kier molecular flexibility index (Phi) is 21.1. The fourth-order valence-electron chi connectivity index (χ4n) is 3.70. The number of carbonyl (C=O) groups is 4. The van der Waals surface area contributed by atoms with Gasteiger partial charge in [0.05, 0.1) is 31.0 Å². The number of hydroxylamine groups is 4. The Morgan fingerprint density at radius 1 is 0.767 bits per heavy atom. The standard InChI is InChI=1S/C27H52N6O10/c1-19(29-14-11-21(35)24(38)18-33(43)20(2)34)7-9-26(40)31(3)16-12-22(36)23(37)17-30-25(39)8-10-27(41)32(42)15-6-4-5-13-28/h21-24,29,35-38,42-43H,1,4-18,28H2,2-3H3,(H,30,39). The smallest absolute Gasteiger partial charge is 0.246 e. The lowest BCUT2D eigenvalue weighted by molar-refractivity contribution is -0.171. The molecule has 4 unspecified atom stereocenters. The van der Waals surface area contributed by atoms with Crippen molar-refractivity contribution in [2.45, 2.75) is 89.1 Å². The molecular formula is C27H52N6O10. The van der Waals surface area contributed by atoms with Gasteiger partial charge in [-0.2, -0.15) is 0 Å². The van der Waals surface area contributed by atoms with Crippen LogP contribution in [0.3, 0.4) is 0 Å². The molecule has 10 N–H and O–H groups in total. The summed E-state index contributed by atoms with van der Waals surface area (Å²) in [5, 5.41) is 65.4. The highest BCUT2D eigenvalue weighted by molar-refractivity contribution is 5.83. The molecule has 0 aliphatic heterocycles. The second kappa shape index (κ2) is 22.6. The number of nitrogens with zero attached hydrogens (tertiary/aromatic N) is 3. The van der Waals surface area contributed by atoms with Crippen LogP contribution in [0.15, 0.2) is 12.3 Å². The molecule has 16 heteroatoms. The van der Waals surface area contributed by atoms with Crippen LogP contribution in [0.2, 0.25) is 0 Å². The first-order chi connectivity index (χ1) is 20.2. The summed E-state index contributed by atoms with van der Waals surface area (Å²) in [6, 6.07) is 0. The zero-order valence-corrected chi connectivity index (χ0v) is 25.4. The van der Waals surface area contributed by atoms with Crippen LogP contribution in [-0.4, -0.2) is 140 Å². The molecule has 250 valence electrons. The van der Waals surface area contributed by atoms with E-state index in [1.54, 1.807) is 7.05 Å². The molecule has 0 fully saturated rings. The van der Waals surface area contributed by atoms with Gasteiger partial charge >= 0.3 is 0 Å². The van der Waals surface area contributed by atoms with Gasteiger partial charge in [-0.1, -0.05) is 13.0 Å². The van der Waals surface area contributed by atoms with Crippen LogP contribution in [-0.2, 0) is 19.2 Å². The lowest BCUT2D eigenvalue weighted by atomic mass is 10.1. The molecule has 0 saturated carbocycles. The molecule has 4 atom stereocenters. The minimum atomic E-state index is -1.33. The molecule has 0 radical (unpaired) electrons. The number of carbonyl (C=O) groups excluding carboxylic acids is 4. The minimum absolute atomic E-state index is 0.0513. The highest BCUT2D eigenvalue weighted by atomic mass is 16.5. The summed E-state index contributed by atoms with van der Waals surface area (Å²) in [7, 11) is 1.54. The van der Waals surface area contributed by atoms with Gasteiger partial charge in [-0.3, -0.25) is 29.6 Å². The minimum Gasteiger partial charge on any atom is -0.390 e. The van der Waals surface area contributed by atoms with Gasteiger partial charge in [0.25, 0.3) is 0 Å². The average Bonchev–Trinajstić information content (AvgIpc) is 2.97. The zero-order chi connectivity index (χ0) is 32.9. The summed E-state index contributed by atoms with van der Waals surface area (Å²) in [6.07, 6.45) is -2.71. The molecule has 0 aromatic carbocycles. The summed E-state index contributed by atoms with van der Waals surface area (Å²) >= 11 is 0. The van der Waals surface area contributed by atoms with Crippen molar-refractivity contribution >= 4 is 23.6 Å². The maximum absolute atomic E-state index is 12.4. The highest BCUT2D eigenvalue weighted by Gasteiger charge is 2.21. The van der Waals surface area contributed by atoms with Crippen LogP contribution in [0.25, 0.3) is 0 Å². The predicted octanol–water partition coefficient (Wildman–Crippen LogP) is -1.97. The molecule has 0 bridgehead atoms. The van der Waals surface area contributed by atoms with Crippen LogP contribution in [0.5, 0.6) is 0 Å². The van der Waals surface area contributed by atoms with Crippen LogP contribution >= 0.6 is 0 Å². The molecule has 43 heavy (non-hydrogen) atoms. The van der Waals surface area contributed by atoms with E-state index >= 15 is 0 Å². The van der Waals surface area contributed by atoms with Gasteiger partial charge in [0.1, 0.15) is 0 Å². The molecule has 0 aliphatic rings. The molecule has 0 spiro atoms. The lowest BCUT2D eigenvalue weighted by Gasteiger charge is -2.23. The molecule has 4 amide bonds. The van der Waals surface area contributed by atoms with E-state index in [-0.39, 0.29) is 64.2 Å². The molecule has 0 saturated heterocycles. The maximum atomic E-state index is 12.4. The quantitative estimate of drug-likeness (QED) is 0.0324. The van der Waals surface area contributed by atoms with E-state index in [9.17, 15) is 50.0 Å². The molecule has 0 aromatic rings. The first-order valence-corrected chi connectivity index (χ1v) is 14.5. The van der Waals surface area contributed by atoms with Crippen molar-refractivity contribution in [1.29, 1.82) is 0 Å². The summed E-state index contributed by atoms with van der Waals surface area (Å²) < 4.78 is 0. The van der Waals surface area contributed by atoms with Gasteiger partial charge in [-0.15, -0.1) is 0 Å². The Morgan fingerprint density at radius 2 is 1.40 bits per heavy atom. The number of rotatable bonds is 24. The van der Waals surface area contributed by atoms with Gasteiger partial charge in [-0.05, 0) is 38.6 Å². The number of allylic oxidation sites excluding steroid dienone is 1. The third-order valence-corrected chi connectivity index (χ3v) is 6.69. The fourth-order valence-corrected chi connectivity index (χ4v) is 3.70. The topological polar surface area (TPSA) is 249 Å². The number of aliphatic hydroxyl groups is 4.